The van der Waals surface area contributed by atoms with Crippen molar-refractivity contribution in [3.8, 4) is 17.2 Å². The summed E-state index contributed by atoms with van der Waals surface area (Å²) in [4.78, 5) is 20.8. The molecule has 31 heavy (non-hydrogen) atoms. The largest absolute Gasteiger partial charge is 0.508 e. The lowest BCUT2D eigenvalue weighted by atomic mass is 10.0. The third-order valence-corrected chi connectivity index (χ3v) is 6.40. The first kappa shape index (κ1) is 23.7. The summed E-state index contributed by atoms with van der Waals surface area (Å²) >= 11 is 6.98. The van der Waals surface area contributed by atoms with E-state index >= 15 is 0 Å². The molecule has 0 radical (unpaired) electrons. The maximum atomic E-state index is 13.6. The Labute approximate surface area is 196 Å². The Morgan fingerprint density at radius 2 is 1.74 bits per heavy atom. The molecule has 9 heteroatoms. The minimum absolute atomic E-state index is 0.0151. The van der Waals surface area contributed by atoms with E-state index in [4.69, 9.17) is 9.84 Å². The molecule has 3 N–H and O–H groups in total. The van der Waals surface area contributed by atoms with Gasteiger partial charge >= 0.3 is 5.97 Å². The molecule has 0 aliphatic rings. The van der Waals surface area contributed by atoms with Gasteiger partial charge in [0.25, 0.3) is 0 Å². The molecule has 0 aliphatic carbocycles. The molecule has 0 aromatic heterocycles. The van der Waals surface area contributed by atoms with Gasteiger partial charge in [0.1, 0.15) is 17.3 Å². The molecule has 0 saturated heterocycles. The number of phenols is 1. The predicted molar refractivity (Wildman–Crippen MR) is 125 cm³/mol. The zero-order valence-corrected chi connectivity index (χ0v) is 20.3. The molecule has 0 fully saturated rings. The Morgan fingerprint density at radius 3 is 2.35 bits per heavy atom. The number of benzene rings is 3. The van der Waals surface area contributed by atoms with Crippen molar-refractivity contribution in [2.45, 2.75) is 12.6 Å². The van der Waals surface area contributed by atoms with Crippen molar-refractivity contribution in [3.05, 3.63) is 85.5 Å². The van der Waals surface area contributed by atoms with Gasteiger partial charge in [0, 0.05) is 26.3 Å². The highest BCUT2D eigenvalue weighted by Gasteiger charge is 2.15. The van der Waals surface area contributed by atoms with E-state index in [2.05, 4.69) is 31.9 Å². The Balaban J connectivity index is 1.87. The van der Waals surface area contributed by atoms with Gasteiger partial charge in [0.2, 0.25) is 0 Å². The lowest BCUT2D eigenvalue weighted by molar-refractivity contribution is 0.0691. The van der Waals surface area contributed by atoms with E-state index in [1.165, 1.54) is 18.2 Å². The number of ether oxygens (including phenoxy) is 1. The molecule has 3 aromatic rings. The number of rotatable bonds is 7. The van der Waals surface area contributed by atoms with E-state index in [-0.39, 0.29) is 12.2 Å². The highest BCUT2D eigenvalue weighted by molar-refractivity contribution is 9.11. The molecule has 0 spiro atoms. The lowest BCUT2D eigenvalue weighted by Gasteiger charge is -2.14. The molecule has 0 saturated carbocycles. The maximum absolute atomic E-state index is 13.6. The summed E-state index contributed by atoms with van der Waals surface area (Å²) in [6.45, 7) is 1.78. The van der Waals surface area contributed by atoms with Crippen molar-refractivity contribution in [1.29, 1.82) is 0 Å². The van der Waals surface area contributed by atoms with E-state index in [0.717, 1.165) is 11.6 Å². The van der Waals surface area contributed by atoms with Gasteiger partial charge in [-0.1, -0.05) is 6.07 Å². The van der Waals surface area contributed by atoms with Gasteiger partial charge in [0.15, 0.2) is 5.75 Å². The van der Waals surface area contributed by atoms with Gasteiger partial charge in [-0.3, -0.25) is 0 Å². The van der Waals surface area contributed by atoms with Crippen LogP contribution in [0.25, 0.3) is 0 Å². The fraction of sp³-hybridized carbons (Fsp3) is 0.136. The zero-order valence-electron chi connectivity index (χ0n) is 16.3. The quantitative estimate of drug-likeness (QED) is 0.276. The number of carboxylic acid groups (broad SMARTS) is 1. The van der Waals surface area contributed by atoms with Crippen LogP contribution in [0.3, 0.4) is 0 Å². The number of hydrogen-bond donors (Lipinski definition) is 3. The second kappa shape index (κ2) is 10.1. The first-order chi connectivity index (χ1) is 14.6. The van der Waals surface area contributed by atoms with E-state index in [1.54, 1.807) is 18.8 Å². The predicted octanol–water partition coefficient (Wildman–Crippen LogP) is 6.66. The van der Waals surface area contributed by atoms with Crippen LogP contribution in [0.15, 0.2) is 57.5 Å². The molecular weight excluding hydrogens is 554 g/mol. The van der Waals surface area contributed by atoms with Crippen LogP contribution >= 0.6 is 40.0 Å². The van der Waals surface area contributed by atoms with E-state index in [9.17, 15) is 19.2 Å². The number of aromatic carboxylic acids is 1. The summed E-state index contributed by atoms with van der Waals surface area (Å²) in [6.07, 6.45) is 0.758. The molecule has 0 bridgehead atoms. The fourth-order valence-corrected chi connectivity index (χ4v) is 5.17. The van der Waals surface area contributed by atoms with E-state index in [1.807, 2.05) is 12.1 Å². The van der Waals surface area contributed by atoms with Crippen molar-refractivity contribution in [3.63, 3.8) is 0 Å². The Hall–Kier alpha value is -1.99. The summed E-state index contributed by atoms with van der Waals surface area (Å²) in [5.41, 5.74) is 1.58. The topological polar surface area (TPSA) is 87.0 Å². The summed E-state index contributed by atoms with van der Waals surface area (Å²) in [5, 5.41) is 19.3. The number of halogens is 3. The lowest BCUT2D eigenvalue weighted by Crippen LogP contribution is -2.02. The van der Waals surface area contributed by atoms with Crippen LogP contribution in [0.4, 0.5) is 4.39 Å². The molecule has 5 nitrogen and oxygen atoms in total. The standard InChI is InChI=1S/C22H18Br2FO5P/c1-31(29)11-13-8-17(23)21(18(24)9-13)30-15-3-5-20(26)14(10-15)6-12-2-4-19(25)16(7-12)22(27)28/h2-5,7-10,26,29H,6,11H2,1H3,(H,27,28). The molecule has 1 atom stereocenters. The highest BCUT2D eigenvalue weighted by Crippen LogP contribution is 2.41. The average Bonchev–Trinajstić information content (AvgIpc) is 2.68. The van der Waals surface area contributed by atoms with Crippen LogP contribution in [0.1, 0.15) is 27.0 Å². The Kier molecular flexibility index (Phi) is 7.70. The number of aromatic hydroxyl groups is 1. The minimum atomic E-state index is -1.35. The summed E-state index contributed by atoms with van der Waals surface area (Å²) in [7, 11) is -1.07. The molecule has 1 unspecified atom stereocenters. The smallest absolute Gasteiger partial charge is 0.338 e. The summed E-state index contributed by atoms with van der Waals surface area (Å²) in [6, 6.07) is 12.3. The molecular formula is C22H18Br2FO5P. The monoisotopic (exact) mass is 570 g/mol. The van der Waals surface area contributed by atoms with Crippen molar-refractivity contribution in [2.75, 3.05) is 6.66 Å². The minimum Gasteiger partial charge on any atom is -0.508 e. The second-order valence-electron chi connectivity index (χ2n) is 6.89. The second-order valence-corrected chi connectivity index (χ2v) is 10.2. The highest BCUT2D eigenvalue weighted by atomic mass is 79.9. The number of carbonyl (C=O) groups is 1. The van der Waals surface area contributed by atoms with Crippen LogP contribution in [-0.4, -0.2) is 27.7 Å². The molecule has 3 rings (SSSR count). The van der Waals surface area contributed by atoms with Crippen LogP contribution in [-0.2, 0) is 12.6 Å². The first-order valence-corrected chi connectivity index (χ1v) is 12.5. The van der Waals surface area contributed by atoms with Gasteiger partial charge in [-0.25, -0.2) is 9.18 Å². The number of hydrogen-bond acceptors (Lipinski definition) is 4. The van der Waals surface area contributed by atoms with E-state index < -0.39 is 25.5 Å². The van der Waals surface area contributed by atoms with E-state index in [0.29, 0.717) is 37.7 Å². The Bertz CT molecular complexity index is 1110. The molecule has 3 aromatic carbocycles. The van der Waals surface area contributed by atoms with Crippen molar-refractivity contribution in [1.82, 2.24) is 0 Å². The van der Waals surface area contributed by atoms with Gasteiger partial charge in [-0.05, 0) is 92.1 Å². The fourth-order valence-electron chi connectivity index (χ4n) is 3.02. The molecule has 0 amide bonds. The van der Waals surface area contributed by atoms with Crippen molar-refractivity contribution in [2.24, 2.45) is 0 Å². The van der Waals surface area contributed by atoms with Crippen LogP contribution in [0.2, 0.25) is 0 Å². The third kappa shape index (κ3) is 6.04. The summed E-state index contributed by atoms with van der Waals surface area (Å²) in [5.74, 6) is -1.15. The number of carboxylic acids is 1. The molecule has 162 valence electrons. The van der Waals surface area contributed by atoms with Crippen LogP contribution in [0, 0.1) is 5.82 Å². The molecule has 0 heterocycles. The normalized spacial score (nSPS) is 11.9. The van der Waals surface area contributed by atoms with Crippen molar-refractivity contribution >= 4 is 46.0 Å². The van der Waals surface area contributed by atoms with Crippen LogP contribution < -0.4 is 4.74 Å². The maximum Gasteiger partial charge on any atom is 0.338 e. The average molecular weight is 572 g/mol. The summed E-state index contributed by atoms with van der Waals surface area (Å²) < 4.78 is 21.0. The molecule has 0 aliphatic heterocycles. The SMILES string of the molecule is CP(O)Cc1cc(Br)c(Oc2ccc(O)c(Cc3ccc(F)c(C(=O)O)c3)c2)c(Br)c1. The van der Waals surface area contributed by atoms with Gasteiger partial charge in [-0.15, -0.1) is 0 Å². The van der Waals surface area contributed by atoms with Gasteiger partial charge in [-0.2, -0.15) is 0 Å². The number of phenolic OH excluding ortho intramolecular Hbond substituents is 1. The van der Waals surface area contributed by atoms with Gasteiger partial charge < -0.3 is 19.8 Å². The third-order valence-electron chi connectivity index (χ3n) is 4.40. The van der Waals surface area contributed by atoms with Crippen LogP contribution in [0.5, 0.6) is 17.2 Å². The Morgan fingerprint density at radius 1 is 1.06 bits per heavy atom. The van der Waals surface area contributed by atoms with Gasteiger partial charge in [0.05, 0.1) is 14.5 Å². The zero-order chi connectivity index (χ0) is 22.7. The first-order valence-electron chi connectivity index (χ1n) is 9.03. The van der Waals surface area contributed by atoms with Crippen molar-refractivity contribution < 1.29 is 29.0 Å².